The van der Waals surface area contributed by atoms with Crippen molar-refractivity contribution in [2.45, 2.75) is 13.3 Å². The molecule has 0 amide bonds. The number of Topliss-reactive ketones (excluding diaryl/α,β-unsaturated/α-hetero) is 1. The van der Waals surface area contributed by atoms with Gasteiger partial charge in [0, 0.05) is 15.8 Å². The first-order valence-electron chi connectivity index (χ1n) is 5.89. The van der Waals surface area contributed by atoms with Gasteiger partial charge >= 0.3 is 0 Å². The van der Waals surface area contributed by atoms with Gasteiger partial charge in [-0.15, -0.1) is 22.7 Å². The number of carbonyl (C=O) groups excluding carboxylic acids is 1. The first-order chi connectivity index (χ1) is 9.13. The summed E-state index contributed by atoms with van der Waals surface area (Å²) >= 11 is 3.17. The van der Waals surface area contributed by atoms with Gasteiger partial charge in [0.15, 0.2) is 5.78 Å². The minimum absolute atomic E-state index is 0.100. The molecule has 0 aliphatic rings. The van der Waals surface area contributed by atoms with Crippen LogP contribution in [0.5, 0.6) is 0 Å². The Morgan fingerprint density at radius 1 is 1.21 bits per heavy atom. The lowest BCUT2D eigenvalue weighted by Crippen LogP contribution is -2.03. The predicted molar refractivity (Wildman–Crippen MR) is 78.9 cm³/mol. The van der Waals surface area contributed by atoms with E-state index < -0.39 is 0 Å². The number of carbonyl (C=O) groups is 1. The number of thiophene rings is 2. The summed E-state index contributed by atoms with van der Waals surface area (Å²) in [5, 5.41) is 2.03. The molecule has 0 aliphatic heterocycles. The molecule has 4 heteroatoms. The van der Waals surface area contributed by atoms with Crippen molar-refractivity contribution in [1.82, 2.24) is 0 Å². The number of halogens is 1. The third kappa shape index (κ3) is 2.46. The molecule has 96 valence electrons. The van der Waals surface area contributed by atoms with E-state index in [0.29, 0.717) is 6.42 Å². The average molecular weight is 290 g/mol. The molecule has 0 atom stereocenters. The van der Waals surface area contributed by atoms with Crippen LogP contribution in [0.15, 0.2) is 35.7 Å². The monoisotopic (exact) mass is 290 g/mol. The number of ketones is 1. The van der Waals surface area contributed by atoms with Crippen LogP contribution in [0.2, 0.25) is 0 Å². The first kappa shape index (κ1) is 12.5. The second kappa shape index (κ2) is 4.87. The molecule has 0 saturated carbocycles. The Morgan fingerprint density at radius 2 is 2.05 bits per heavy atom. The second-order valence-electron chi connectivity index (χ2n) is 4.43. The average Bonchev–Trinajstić information content (AvgIpc) is 2.93. The molecule has 0 fully saturated rings. The first-order valence-corrected chi connectivity index (χ1v) is 7.58. The lowest BCUT2D eigenvalue weighted by Gasteiger charge is -2.04. The summed E-state index contributed by atoms with van der Waals surface area (Å²) in [5.74, 6) is -0.159. The Labute approximate surface area is 118 Å². The Hall–Kier alpha value is -1.52. The molecule has 19 heavy (non-hydrogen) atoms. The van der Waals surface area contributed by atoms with E-state index in [2.05, 4.69) is 0 Å². The summed E-state index contributed by atoms with van der Waals surface area (Å²) in [6.07, 6.45) is 0.333. The zero-order chi connectivity index (χ0) is 13.4. The second-order valence-corrected chi connectivity index (χ2v) is 6.46. The fourth-order valence-corrected chi connectivity index (χ4v) is 4.07. The van der Waals surface area contributed by atoms with Crippen LogP contribution in [0.4, 0.5) is 4.39 Å². The van der Waals surface area contributed by atoms with E-state index in [0.717, 1.165) is 25.4 Å². The van der Waals surface area contributed by atoms with Gasteiger partial charge in [-0.25, -0.2) is 4.39 Å². The van der Waals surface area contributed by atoms with Crippen molar-refractivity contribution >= 4 is 37.9 Å². The normalized spacial score (nSPS) is 11.1. The van der Waals surface area contributed by atoms with Gasteiger partial charge in [-0.05, 0) is 47.7 Å². The largest absolute Gasteiger partial charge is 0.293 e. The van der Waals surface area contributed by atoms with Crippen molar-refractivity contribution in [3.8, 4) is 0 Å². The predicted octanol–water partition coefficient (Wildman–Crippen LogP) is 4.84. The molecule has 1 nitrogen and oxygen atoms in total. The Morgan fingerprint density at radius 3 is 2.79 bits per heavy atom. The summed E-state index contributed by atoms with van der Waals surface area (Å²) in [6.45, 7) is 1.83. The quantitative estimate of drug-likeness (QED) is 0.631. The van der Waals surface area contributed by atoms with Gasteiger partial charge in [-0.2, -0.15) is 0 Å². The highest BCUT2D eigenvalue weighted by atomic mass is 32.1. The molecule has 2 heterocycles. The van der Waals surface area contributed by atoms with Gasteiger partial charge in [-0.1, -0.05) is 6.07 Å². The van der Waals surface area contributed by atoms with Crippen molar-refractivity contribution in [2.24, 2.45) is 0 Å². The van der Waals surface area contributed by atoms with E-state index in [-0.39, 0.29) is 11.6 Å². The van der Waals surface area contributed by atoms with Gasteiger partial charge in [0.05, 0.1) is 4.88 Å². The number of aryl methyl sites for hydroxylation is 1. The maximum Gasteiger partial charge on any atom is 0.177 e. The maximum atomic E-state index is 13.0. The lowest BCUT2D eigenvalue weighted by molar-refractivity contribution is 0.0996. The van der Waals surface area contributed by atoms with Crippen LogP contribution in [-0.4, -0.2) is 5.78 Å². The lowest BCUT2D eigenvalue weighted by atomic mass is 10.0. The van der Waals surface area contributed by atoms with Crippen LogP contribution < -0.4 is 0 Å². The van der Waals surface area contributed by atoms with Crippen LogP contribution in [0.1, 0.15) is 20.8 Å². The van der Waals surface area contributed by atoms with E-state index in [4.69, 9.17) is 0 Å². The SMILES string of the molecule is Cc1cc(F)ccc1CC(=O)c1cc2sccc2s1. The zero-order valence-electron chi connectivity index (χ0n) is 10.3. The van der Waals surface area contributed by atoms with Gasteiger partial charge in [0.25, 0.3) is 0 Å². The van der Waals surface area contributed by atoms with E-state index in [1.165, 1.54) is 23.5 Å². The smallest absolute Gasteiger partial charge is 0.177 e. The molecule has 3 rings (SSSR count). The molecule has 0 saturated heterocycles. The molecule has 1 aromatic carbocycles. The number of benzene rings is 1. The third-order valence-corrected chi connectivity index (χ3v) is 5.20. The minimum Gasteiger partial charge on any atom is -0.293 e. The summed E-state index contributed by atoms with van der Waals surface area (Å²) in [7, 11) is 0. The molecular weight excluding hydrogens is 279 g/mol. The third-order valence-electron chi connectivity index (χ3n) is 3.07. The van der Waals surface area contributed by atoms with Crippen molar-refractivity contribution in [1.29, 1.82) is 0 Å². The van der Waals surface area contributed by atoms with Crippen molar-refractivity contribution in [2.75, 3.05) is 0 Å². The highest BCUT2D eigenvalue weighted by Crippen LogP contribution is 2.30. The van der Waals surface area contributed by atoms with Crippen LogP contribution >= 0.6 is 22.7 Å². The molecule has 0 spiro atoms. The molecule has 0 aliphatic carbocycles. The number of hydrogen-bond donors (Lipinski definition) is 0. The summed E-state index contributed by atoms with van der Waals surface area (Å²) in [5.41, 5.74) is 1.72. The summed E-state index contributed by atoms with van der Waals surface area (Å²) < 4.78 is 15.3. The summed E-state index contributed by atoms with van der Waals surface area (Å²) in [4.78, 5) is 13.0. The van der Waals surface area contributed by atoms with Crippen molar-refractivity contribution in [3.05, 3.63) is 57.5 Å². The number of rotatable bonds is 3. The van der Waals surface area contributed by atoms with Gasteiger partial charge in [0.2, 0.25) is 0 Å². The van der Waals surface area contributed by atoms with Gasteiger partial charge < -0.3 is 0 Å². The molecule has 3 aromatic rings. The molecule has 0 bridgehead atoms. The standard InChI is InChI=1S/C15H11FOS2/c1-9-6-11(16)3-2-10(9)7-12(17)14-8-15-13(19-14)4-5-18-15/h2-6,8H,7H2,1H3. The Bertz CT molecular complexity index is 726. The van der Waals surface area contributed by atoms with Crippen LogP contribution in [0.25, 0.3) is 9.40 Å². The number of fused-ring (bicyclic) bond motifs is 1. The highest BCUT2D eigenvalue weighted by Gasteiger charge is 2.13. The van der Waals surface area contributed by atoms with E-state index in [9.17, 15) is 9.18 Å². The topological polar surface area (TPSA) is 17.1 Å². The van der Waals surface area contributed by atoms with Crippen LogP contribution in [0.3, 0.4) is 0 Å². The highest BCUT2D eigenvalue weighted by molar-refractivity contribution is 7.27. The fraction of sp³-hybridized carbons (Fsp3) is 0.133. The van der Waals surface area contributed by atoms with Crippen LogP contribution in [-0.2, 0) is 6.42 Å². The van der Waals surface area contributed by atoms with Crippen LogP contribution in [0, 0.1) is 12.7 Å². The van der Waals surface area contributed by atoms with E-state index >= 15 is 0 Å². The molecule has 0 unspecified atom stereocenters. The molecule has 0 radical (unpaired) electrons. The fourth-order valence-electron chi connectivity index (χ4n) is 2.02. The van der Waals surface area contributed by atoms with Gasteiger partial charge in [0.1, 0.15) is 5.82 Å². The maximum absolute atomic E-state index is 13.0. The molecule has 0 N–H and O–H groups in total. The minimum atomic E-state index is -0.259. The summed E-state index contributed by atoms with van der Waals surface area (Å²) in [6, 6.07) is 8.55. The Balaban J connectivity index is 1.86. The number of hydrogen-bond acceptors (Lipinski definition) is 3. The molecular formula is C15H11FOS2. The van der Waals surface area contributed by atoms with E-state index in [1.807, 2.05) is 24.4 Å². The van der Waals surface area contributed by atoms with E-state index in [1.54, 1.807) is 17.4 Å². The van der Waals surface area contributed by atoms with Crippen molar-refractivity contribution < 1.29 is 9.18 Å². The Kier molecular flexibility index (Phi) is 3.21. The zero-order valence-corrected chi connectivity index (χ0v) is 11.9. The van der Waals surface area contributed by atoms with Gasteiger partial charge in [-0.3, -0.25) is 4.79 Å². The molecule has 2 aromatic heterocycles. The van der Waals surface area contributed by atoms with Crippen molar-refractivity contribution in [3.63, 3.8) is 0 Å².